The van der Waals surface area contributed by atoms with Crippen LogP contribution in [0.15, 0.2) is 0 Å². The Morgan fingerprint density at radius 3 is 2.06 bits per heavy atom. The molecule has 5 nitrogen and oxygen atoms in total. The number of carbonyl (C=O) groups excluding carboxylic acids is 1. The molecule has 1 amide bonds. The quantitative estimate of drug-likeness (QED) is 0.734. The third-order valence-electron chi connectivity index (χ3n) is 2.64. The predicted octanol–water partition coefficient (Wildman–Crippen LogP) is 1.27. The van der Waals surface area contributed by atoms with Gasteiger partial charge in [0.15, 0.2) is 0 Å². The minimum atomic E-state index is -0.293. The molecule has 0 bridgehead atoms. The largest absolute Gasteiger partial charge is 0.447 e. The second kappa shape index (κ2) is 6.06. The van der Waals surface area contributed by atoms with Crippen molar-refractivity contribution in [2.24, 2.45) is 0 Å². The van der Waals surface area contributed by atoms with Gasteiger partial charge in [0.05, 0.1) is 31.4 Å². The first-order valence-corrected chi connectivity index (χ1v) is 5.58. The van der Waals surface area contributed by atoms with Crippen molar-refractivity contribution in [1.82, 2.24) is 4.90 Å². The van der Waals surface area contributed by atoms with Crippen LogP contribution in [0.2, 0.25) is 0 Å². The van der Waals surface area contributed by atoms with E-state index in [-0.39, 0.29) is 24.4 Å². The number of amides is 1. The summed E-state index contributed by atoms with van der Waals surface area (Å²) in [6, 6.07) is 0. The number of rotatable bonds is 3. The standard InChI is InChI=1S/C11H21NO4/c1-8(2)16-11(13)12-6-9(14-3)5-10(7-12)15-4/h8-10H,5-7H2,1-4H3. The predicted molar refractivity (Wildman–Crippen MR) is 59.4 cm³/mol. The van der Waals surface area contributed by atoms with E-state index < -0.39 is 0 Å². The highest BCUT2D eigenvalue weighted by atomic mass is 16.6. The second-order valence-electron chi connectivity index (χ2n) is 4.29. The Morgan fingerprint density at radius 1 is 1.19 bits per heavy atom. The molecule has 0 aromatic rings. The topological polar surface area (TPSA) is 48.0 Å². The van der Waals surface area contributed by atoms with Gasteiger partial charge >= 0.3 is 6.09 Å². The monoisotopic (exact) mass is 231 g/mol. The van der Waals surface area contributed by atoms with E-state index in [1.54, 1.807) is 19.1 Å². The summed E-state index contributed by atoms with van der Waals surface area (Å²) in [5, 5.41) is 0. The van der Waals surface area contributed by atoms with Crippen molar-refractivity contribution in [1.29, 1.82) is 0 Å². The van der Waals surface area contributed by atoms with Crippen LogP contribution >= 0.6 is 0 Å². The summed E-state index contributed by atoms with van der Waals surface area (Å²) < 4.78 is 15.7. The molecule has 0 aromatic heterocycles. The van der Waals surface area contributed by atoms with Gasteiger partial charge in [-0.2, -0.15) is 0 Å². The van der Waals surface area contributed by atoms with Crippen molar-refractivity contribution >= 4 is 6.09 Å². The molecule has 1 heterocycles. The molecule has 5 heteroatoms. The molecule has 0 aromatic carbocycles. The normalized spacial score (nSPS) is 25.9. The number of likely N-dealkylation sites (tertiary alicyclic amines) is 1. The summed E-state index contributed by atoms with van der Waals surface area (Å²) in [5.41, 5.74) is 0. The zero-order chi connectivity index (χ0) is 12.1. The van der Waals surface area contributed by atoms with Gasteiger partial charge in [-0.05, 0) is 13.8 Å². The lowest BCUT2D eigenvalue weighted by Crippen LogP contribution is -2.50. The Labute approximate surface area is 96.6 Å². The molecule has 0 N–H and O–H groups in total. The molecule has 0 aliphatic carbocycles. The number of hydrogen-bond acceptors (Lipinski definition) is 4. The molecule has 1 saturated heterocycles. The minimum Gasteiger partial charge on any atom is -0.447 e. The van der Waals surface area contributed by atoms with E-state index in [0.717, 1.165) is 6.42 Å². The van der Waals surface area contributed by atoms with Crippen LogP contribution in [-0.4, -0.2) is 56.6 Å². The first-order valence-electron chi connectivity index (χ1n) is 5.58. The van der Waals surface area contributed by atoms with Gasteiger partial charge in [0.1, 0.15) is 0 Å². The Hall–Kier alpha value is -0.810. The molecule has 16 heavy (non-hydrogen) atoms. The van der Waals surface area contributed by atoms with Gasteiger partial charge in [0, 0.05) is 20.6 Å². The molecule has 2 atom stereocenters. The number of hydrogen-bond donors (Lipinski definition) is 0. The Kier molecular flexibility index (Phi) is 5.02. The van der Waals surface area contributed by atoms with Gasteiger partial charge in [-0.15, -0.1) is 0 Å². The highest BCUT2D eigenvalue weighted by Crippen LogP contribution is 2.16. The van der Waals surface area contributed by atoms with Crippen molar-refractivity contribution in [3.05, 3.63) is 0 Å². The lowest BCUT2D eigenvalue weighted by atomic mass is 10.1. The summed E-state index contributed by atoms with van der Waals surface area (Å²) in [6.45, 7) is 4.82. The van der Waals surface area contributed by atoms with E-state index in [1.807, 2.05) is 13.8 Å². The van der Waals surface area contributed by atoms with E-state index in [1.165, 1.54) is 0 Å². The fourth-order valence-corrected chi connectivity index (χ4v) is 1.78. The van der Waals surface area contributed by atoms with Crippen LogP contribution in [0, 0.1) is 0 Å². The Morgan fingerprint density at radius 2 is 1.69 bits per heavy atom. The van der Waals surface area contributed by atoms with Crippen LogP contribution < -0.4 is 0 Å². The molecule has 1 fully saturated rings. The summed E-state index contributed by atoms with van der Waals surface area (Å²) in [7, 11) is 3.29. The number of carbonyl (C=O) groups is 1. The van der Waals surface area contributed by atoms with E-state index in [2.05, 4.69) is 0 Å². The van der Waals surface area contributed by atoms with E-state index in [9.17, 15) is 4.79 Å². The smallest absolute Gasteiger partial charge is 0.410 e. The molecular formula is C11H21NO4. The number of ether oxygens (including phenoxy) is 3. The fourth-order valence-electron chi connectivity index (χ4n) is 1.78. The van der Waals surface area contributed by atoms with Crippen molar-refractivity contribution in [3.8, 4) is 0 Å². The van der Waals surface area contributed by atoms with Gasteiger partial charge < -0.3 is 19.1 Å². The summed E-state index contributed by atoms with van der Waals surface area (Å²) >= 11 is 0. The lowest BCUT2D eigenvalue weighted by Gasteiger charge is -2.36. The van der Waals surface area contributed by atoms with E-state index in [0.29, 0.717) is 13.1 Å². The number of piperidine rings is 1. The van der Waals surface area contributed by atoms with Crippen molar-refractivity contribution in [3.63, 3.8) is 0 Å². The number of methoxy groups -OCH3 is 2. The molecule has 1 rings (SSSR count). The highest BCUT2D eigenvalue weighted by molar-refractivity contribution is 5.68. The van der Waals surface area contributed by atoms with Crippen LogP contribution in [0.3, 0.4) is 0 Å². The van der Waals surface area contributed by atoms with Crippen LogP contribution in [0.25, 0.3) is 0 Å². The van der Waals surface area contributed by atoms with Crippen LogP contribution in [0.4, 0.5) is 4.79 Å². The van der Waals surface area contributed by atoms with Gasteiger partial charge in [-0.1, -0.05) is 0 Å². The first kappa shape index (κ1) is 13.3. The minimum absolute atomic E-state index is 0.0263. The molecule has 2 unspecified atom stereocenters. The van der Waals surface area contributed by atoms with Crippen LogP contribution in [-0.2, 0) is 14.2 Å². The third-order valence-corrected chi connectivity index (χ3v) is 2.64. The maximum absolute atomic E-state index is 11.7. The van der Waals surface area contributed by atoms with Crippen molar-refractivity contribution in [2.75, 3.05) is 27.3 Å². The molecular weight excluding hydrogens is 210 g/mol. The average molecular weight is 231 g/mol. The maximum atomic E-state index is 11.7. The van der Waals surface area contributed by atoms with Gasteiger partial charge in [0.2, 0.25) is 0 Å². The highest BCUT2D eigenvalue weighted by Gasteiger charge is 2.31. The molecule has 0 saturated carbocycles. The van der Waals surface area contributed by atoms with E-state index in [4.69, 9.17) is 14.2 Å². The Balaban J connectivity index is 2.54. The molecule has 0 spiro atoms. The summed E-state index contributed by atoms with van der Waals surface area (Å²) in [4.78, 5) is 13.4. The Bertz CT molecular complexity index is 220. The molecule has 1 aliphatic heterocycles. The third kappa shape index (κ3) is 3.64. The van der Waals surface area contributed by atoms with Gasteiger partial charge in [-0.25, -0.2) is 4.79 Å². The number of nitrogens with zero attached hydrogens (tertiary/aromatic N) is 1. The van der Waals surface area contributed by atoms with Crippen LogP contribution in [0.5, 0.6) is 0 Å². The van der Waals surface area contributed by atoms with E-state index >= 15 is 0 Å². The fraction of sp³-hybridized carbons (Fsp3) is 0.909. The van der Waals surface area contributed by atoms with Crippen molar-refractivity contribution in [2.45, 2.75) is 38.6 Å². The summed E-state index contributed by atoms with van der Waals surface area (Å²) in [5.74, 6) is 0. The van der Waals surface area contributed by atoms with Gasteiger partial charge in [0.25, 0.3) is 0 Å². The molecule has 0 radical (unpaired) electrons. The average Bonchev–Trinajstić information content (AvgIpc) is 2.27. The molecule has 1 aliphatic rings. The second-order valence-corrected chi connectivity index (χ2v) is 4.29. The SMILES string of the molecule is COC1CC(OC)CN(C(=O)OC(C)C)C1. The molecule has 94 valence electrons. The zero-order valence-electron chi connectivity index (χ0n) is 10.4. The zero-order valence-corrected chi connectivity index (χ0v) is 10.4. The first-order chi connectivity index (χ1) is 7.56. The van der Waals surface area contributed by atoms with Crippen molar-refractivity contribution < 1.29 is 19.0 Å². The maximum Gasteiger partial charge on any atom is 0.410 e. The van der Waals surface area contributed by atoms with Gasteiger partial charge in [-0.3, -0.25) is 0 Å². The lowest BCUT2D eigenvalue weighted by molar-refractivity contribution is -0.0457. The van der Waals surface area contributed by atoms with Crippen LogP contribution in [0.1, 0.15) is 20.3 Å². The summed E-state index contributed by atoms with van der Waals surface area (Å²) in [6.07, 6.45) is 0.477.